The molecule has 0 amide bonds. The van der Waals surface area contributed by atoms with Crippen LogP contribution in [0.5, 0.6) is 0 Å². The highest BCUT2D eigenvalue weighted by Gasteiger charge is 2.08. The van der Waals surface area contributed by atoms with Crippen LogP contribution in [0.1, 0.15) is 29.9 Å². The van der Waals surface area contributed by atoms with E-state index in [1.165, 1.54) is 5.56 Å². The van der Waals surface area contributed by atoms with Crippen LogP contribution in [0.25, 0.3) is 5.82 Å². The topological polar surface area (TPSA) is 42.7 Å². The van der Waals surface area contributed by atoms with Crippen molar-refractivity contribution < 1.29 is 0 Å². The number of aromatic nitrogens is 3. The number of hydrogen-bond donors (Lipinski definition) is 1. The van der Waals surface area contributed by atoms with E-state index < -0.39 is 0 Å². The number of hydrogen-bond acceptors (Lipinski definition) is 3. The summed E-state index contributed by atoms with van der Waals surface area (Å²) in [6.45, 7) is 6.19. The molecule has 0 fully saturated rings. The SMILES string of the molecule is CNC(C)c1ccnc(-n2cnc(C)c2C)c1. The predicted octanol–water partition coefficient (Wildman–Crippen LogP) is 2.16. The smallest absolute Gasteiger partial charge is 0.138 e. The van der Waals surface area contributed by atoms with Crippen LogP contribution in [0.2, 0.25) is 0 Å². The lowest BCUT2D eigenvalue weighted by Crippen LogP contribution is -2.13. The highest BCUT2D eigenvalue weighted by molar-refractivity contribution is 5.32. The average Bonchev–Trinajstić information content (AvgIpc) is 2.69. The minimum absolute atomic E-state index is 0.321. The molecule has 0 radical (unpaired) electrons. The van der Waals surface area contributed by atoms with E-state index in [0.717, 1.165) is 17.2 Å². The first-order valence-electron chi connectivity index (χ1n) is 5.77. The molecule has 17 heavy (non-hydrogen) atoms. The Bertz CT molecular complexity index is 516. The van der Waals surface area contributed by atoms with E-state index >= 15 is 0 Å². The molecule has 0 bridgehead atoms. The summed E-state index contributed by atoms with van der Waals surface area (Å²) < 4.78 is 2.02. The highest BCUT2D eigenvalue weighted by Crippen LogP contribution is 2.16. The fourth-order valence-corrected chi connectivity index (χ4v) is 1.73. The van der Waals surface area contributed by atoms with Crippen molar-refractivity contribution in [1.82, 2.24) is 19.9 Å². The Morgan fingerprint density at radius 3 is 2.65 bits per heavy atom. The van der Waals surface area contributed by atoms with E-state index in [1.807, 2.05) is 37.1 Å². The highest BCUT2D eigenvalue weighted by atomic mass is 15.1. The zero-order valence-electron chi connectivity index (χ0n) is 10.7. The third kappa shape index (κ3) is 2.22. The largest absolute Gasteiger partial charge is 0.313 e. The third-order valence-electron chi connectivity index (χ3n) is 3.20. The summed E-state index contributed by atoms with van der Waals surface area (Å²) in [6.07, 6.45) is 3.66. The van der Waals surface area contributed by atoms with E-state index in [-0.39, 0.29) is 0 Å². The molecule has 1 N–H and O–H groups in total. The molecule has 0 aliphatic heterocycles. The van der Waals surface area contributed by atoms with Crippen molar-refractivity contribution in [2.45, 2.75) is 26.8 Å². The molecular weight excluding hydrogens is 212 g/mol. The van der Waals surface area contributed by atoms with Gasteiger partial charge in [0.2, 0.25) is 0 Å². The molecule has 0 spiro atoms. The van der Waals surface area contributed by atoms with Gasteiger partial charge in [0.05, 0.1) is 5.69 Å². The second kappa shape index (κ2) is 4.67. The summed E-state index contributed by atoms with van der Waals surface area (Å²) >= 11 is 0. The van der Waals surface area contributed by atoms with Gasteiger partial charge in [-0.15, -0.1) is 0 Å². The lowest BCUT2D eigenvalue weighted by Gasteiger charge is -2.12. The average molecular weight is 230 g/mol. The van der Waals surface area contributed by atoms with Gasteiger partial charge in [-0.2, -0.15) is 0 Å². The summed E-state index contributed by atoms with van der Waals surface area (Å²) in [4.78, 5) is 8.69. The molecule has 1 atom stereocenters. The molecule has 0 aromatic carbocycles. The van der Waals surface area contributed by atoms with E-state index in [9.17, 15) is 0 Å². The molecule has 2 rings (SSSR count). The van der Waals surface area contributed by atoms with Crippen LogP contribution in [0, 0.1) is 13.8 Å². The van der Waals surface area contributed by atoms with Crippen LogP contribution < -0.4 is 5.32 Å². The van der Waals surface area contributed by atoms with E-state index in [4.69, 9.17) is 0 Å². The van der Waals surface area contributed by atoms with Crippen LogP contribution >= 0.6 is 0 Å². The van der Waals surface area contributed by atoms with Gasteiger partial charge in [0.25, 0.3) is 0 Å². The summed E-state index contributed by atoms with van der Waals surface area (Å²) in [5.74, 6) is 0.919. The first-order valence-corrected chi connectivity index (χ1v) is 5.77. The molecule has 4 nitrogen and oxygen atoms in total. The lowest BCUT2D eigenvalue weighted by molar-refractivity contribution is 0.650. The molecule has 0 aliphatic rings. The number of nitrogens with one attached hydrogen (secondary N) is 1. The standard InChI is InChI=1S/C13H18N4/c1-9-11(3)17(8-16-9)13-7-12(5-6-15-13)10(2)14-4/h5-8,10,14H,1-4H3. The number of nitrogens with zero attached hydrogens (tertiary/aromatic N) is 3. The number of imidazole rings is 1. The van der Waals surface area contributed by atoms with Gasteiger partial charge in [-0.05, 0) is 45.5 Å². The van der Waals surface area contributed by atoms with Crippen molar-refractivity contribution in [3.05, 3.63) is 41.6 Å². The first-order chi connectivity index (χ1) is 8.13. The monoisotopic (exact) mass is 230 g/mol. The molecule has 4 heteroatoms. The van der Waals surface area contributed by atoms with Gasteiger partial charge in [0.1, 0.15) is 12.1 Å². The molecule has 2 aromatic rings. The van der Waals surface area contributed by atoms with E-state index in [2.05, 4.69) is 35.2 Å². The predicted molar refractivity (Wildman–Crippen MR) is 68.3 cm³/mol. The van der Waals surface area contributed by atoms with Gasteiger partial charge in [-0.3, -0.25) is 4.57 Å². The van der Waals surface area contributed by atoms with Gasteiger partial charge in [0.15, 0.2) is 0 Å². The molecule has 2 aromatic heterocycles. The van der Waals surface area contributed by atoms with Crippen molar-refractivity contribution in [2.75, 3.05) is 7.05 Å². The summed E-state index contributed by atoms with van der Waals surface area (Å²) in [5.41, 5.74) is 3.40. The first kappa shape index (κ1) is 11.8. The van der Waals surface area contributed by atoms with Crippen LogP contribution in [-0.4, -0.2) is 21.6 Å². The van der Waals surface area contributed by atoms with Crippen LogP contribution in [0.3, 0.4) is 0 Å². The maximum atomic E-state index is 4.40. The summed E-state index contributed by atoms with van der Waals surface area (Å²) in [6, 6.07) is 4.45. The van der Waals surface area contributed by atoms with E-state index in [1.54, 1.807) is 0 Å². The maximum absolute atomic E-state index is 4.40. The zero-order valence-corrected chi connectivity index (χ0v) is 10.7. The van der Waals surface area contributed by atoms with Gasteiger partial charge < -0.3 is 5.32 Å². The van der Waals surface area contributed by atoms with Crippen molar-refractivity contribution >= 4 is 0 Å². The summed E-state index contributed by atoms with van der Waals surface area (Å²) in [7, 11) is 1.96. The molecule has 90 valence electrons. The van der Waals surface area contributed by atoms with Crippen molar-refractivity contribution in [3.8, 4) is 5.82 Å². The Labute approximate surface area is 102 Å². The fourth-order valence-electron chi connectivity index (χ4n) is 1.73. The Hall–Kier alpha value is -1.68. The Morgan fingerprint density at radius 2 is 2.06 bits per heavy atom. The minimum Gasteiger partial charge on any atom is -0.313 e. The van der Waals surface area contributed by atoms with Crippen molar-refractivity contribution in [2.24, 2.45) is 0 Å². The minimum atomic E-state index is 0.321. The second-order valence-corrected chi connectivity index (χ2v) is 4.24. The van der Waals surface area contributed by atoms with Crippen LogP contribution in [-0.2, 0) is 0 Å². The lowest BCUT2D eigenvalue weighted by atomic mass is 10.1. The third-order valence-corrected chi connectivity index (χ3v) is 3.20. The molecule has 0 saturated heterocycles. The molecule has 1 unspecified atom stereocenters. The normalized spacial score (nSPS) is 12.7. The van der Waals surface area contributed by atoms with Gasteiger partial charge in [-0.25, -0.2) is 9.97 Å². The zero-order chi connectivity index (χ0) is 12.4. The van der Waals surface area contributed by atoms with Crippen molar-refractivity contribution in [3.63, 3.8) is 0 Å². The number of aryl methyl sites for hydroxylation is 1. The molecule has 0 saturated carbocycles. The fraction of sp³-hybridized carbons (Fsp3) is 0.385. The maximum Gasteiger partial charge on any atom is 0.138 e. The number of rotatable bonds is 3. The van der Waals surface area contributed by atoms with Gasteiger partial charge >= 0.3 is 0 Å². The molecular formula is C13H18N4. The number of pyridine rings is 1. The molecule has 0 aliphatic carbocycles. The molecule has 2 heterocycles. The Balaban J connectivity index is 2.43. The van der Waals surface area contributed by atoms with Gasteiger partial charge in [0, 0.05) is 17.9 Å². The summed E-state index contributed by atoms with van der Waals surface area (Å²) in [5, 5.41) is 3.23. The van der Waals surface area contributed by atoms with E-state index in [0.29, 0.717) is 6.04 Å². The van der Waals surface area contributed by atoms with Gasteiger partial charge in [-0.1, -0.05) is 0 Å². The van der Waals surface area contributed by atoms with Crippen molar-refractivity contribution in [1.29, 1.82) is 0 Å². The quantitative estimate of drug-likeness (QED) is 0.878. The van der Waals surface area contributed by atoms with Crippen LogP contribution in [0.15, 0.2) is 24.7 Å². The Kier molecular flexibility index (Phi) is 3.24. The second-order valence-electron chi connectivity index (χ2n) is 4.24. The Morgan fingerprint density at radius 1 is 1.29 bits per heavy atom. The van der Waals surface area contributed by atoms with Crippen LogP contribution in [0.4, 0.5) is 0 Å².